The molecule has 0 aliphatic heterocycles. The first-order chi connectivity index (χ1) is 12.8. The maximum Gasteiger partial charge on any atom is 0.324 e. The molecule has 0 spiro atoms. The van der Waals surface area contributed by atoms with Gasteiger partial charge in [-0.05, 0) is 13.0 Å². The number of ether oxygens (including phenoxy) is 1. The molecule has 2 aromatic heterocycles. The quantitative estimate of drug-likeness (QED) is 0.470. The first kappa shape index (κ1) is 18.7. The Morgan fingerprint density at radius 1 is 1.22 bits per heavy atom. The fourth-order valence-corrected chi connectivity index (χ4v) is 4.33. The van der Waals surface area contributed by atoms with Gasteiger partial charge in [0.15, 0.2) is 10.6 Å². The van der Waals surface area contributed by atoms with Crippen LogP contribution in [0, 0.1) is 20.2 Å². The minimum atomic E-state index is -0.615. The predicted octanol–water partition coefficient (Wildman–Crippen LogP) is 3.35. The fraction of sp³-hybridized carbons (Fsp3) is 0.200. The van der Waals surface area contributed by atoms with E-state index in [4.69, 9.17) is 4.74 Å². The van der Waals surface area contributed by atoms with Crippen LogP contribution in [0.2, 0.25) is 0 Å². The van der Waals surface area contributed by atoms with Crippen LogP contribution in [0.3, 0.4) is 0 Å². The largest absolute Gasteiger partial charge is 0.494 e. The van der Waals surface area contributed by atoms with Gasteiger partial charge in [0.05, 0.1) is 27.7 Å². The first-order valence-corrected chi connectivity index (χ1v) is 9.18. The highest BCUT2D eigenvalue weighted by Gasteiger charge is 2.19. The molecule has 27 heavy (non-hydrogen) atoms. The fourth-order valence-electron chi connectivity index (χ4n) is 2.48. The Bertz CT molecular complexity index is 1140. The lowest BCUT2D eigenvalue weighted by molar-refractivity contribution is -0.384. The van der Waals surface area contributed by atoms with Gasteiger partial charge in [0.2, 0.25) is 0 Å². The van der Waals surface area contributed by atoms with Gasteiger partial charge in [-0.15, -0.1) is 0 Å². The van der Waals surface area contributed by atoms with E-state index in [1.165, 1.54) is 31.4 Å². The van der Waals surface area contributed by atoms with Crippen LogP contribution in [-0.2, 0) is 6.54 Å². The monoisotopic (exact) mass is 408 g/mol. The van der Waals surface area contributed by atoms with E-state index < -0.39 is 15.8 Å². The van der Waals surface area contributed by atoms with Gasteiger partial charge in [0.1, 0.15) is 10.4 Å². The van der Waals surface area contributed by atoms with Gasteiger partial charge in [-0.25, -0.2) is 0 Å². The molecule has 3 aromatic rings. The summed E-state index contributed by atoms with van der Waals surface area (Å²) < 4.78 is 7.53. The zero-order valence-corrected chi connectivity index (χ0v) is 15.7. The van der Waals surface area contributed by atoms with Gasteiger partial charge in [0, 0.05) is 18.7 Å². The molecule has 0 fully saturated rings. The van der Waals surface area contributed by atoms with Crippen molar-refractivity contribution in [2.45, 2.75) is 13.5 Å². The molecule has 140 valence electrons. The molecule has 10 nitrogen and oxygen atoms in total. The highest BCUT2D eigenvalue weighted by Crippen LogP contribution is 2.33. The topological polar surface area (TPSA) is 130 Å². The number of carbonyl (C=O) groups is 1. The summed E-state index contributed by atoms with van der Waals surface area (Å²) in [4.78, 5) is 37.7. The molecule has 0 bridgehead atoms. The molecule has 0 N–H and O–H groups in total. The number of hydrogen-bond acceptors (Lipinski definition) is 8. The van der Waals surface area contributed by atoms with E-state index in [1.54, 1.807) is 4.57 Å². The molecule has 0 atom stereocenters. The van der Waals surface area contributed by atoms with E-state index in [0.717, 1.165) is 22.7 Å². The summed E-state index contributed by atoms with van der Waals surface area (Å²) in [5, 5.41) is 21.7. The molecule has 3 rings (SSSR count). The van der Waals surface area contributed by atoms with Crippen LogP contribution in [-0.4, -0.2) is 27.4 Å². The average Bonchev–Trinajstić information content (AvgIpc) is 3.25. The van der Waals surface area contributed by atoms with Gasteiger partial charge >= 0.3 is 5.00 Å². The Labute approximate surface area is 159 Å². The third kappa shape index (κ3) is 3.44. The molecular formula is C15H12N4O6S2. The van der Waals surface area contributed by atoms with Crippen LogP contribution in [0.5, 0.6) is 5.75 Å². The van der Waals surface area contributed by atoms with Gasteiger partial charge in [-0.1, -0.05) is 22.7 Å². The zero-order valence-electron chi connectivity index (χ0n) is 14.1. The van der Waals surface area contributed by atoms with E-state index in [1.807, 2.05) is 6.92 Å². The number of hydrogen-bond donors (Lipinski definition) is 0. The molecule has 2 heterocycles. The van der Waals surface area contributed by atoms with Gasteiger partial charge in [-0.2, -0.15) is 4.99 Å². The number of thiazole rings is 1. The number of thiophene rings is 1. The SMILES string of the molecule is CCn1c(=NC(=O)c2ccc([N+](=O)[O-])s2)sc2cc([N+](=O)[O-])cc(OC)c21. The summed E-state index contributed by atoms with van der Waals surface area (Å²) >= 11 is 1.85. The number of methoxy groups -OCH3 is 1. The van der Waals surface area contributed by atoms with Crippen molar-refractivity contribution in [3.63, 3.8) is 0 Å². The molecule has 0 saturated carbocycles. The lowest BCUT2D eigenvalue weighted by atomic mass is 10.2. The first-order valence-electron chi connectivity index (χ1n) is 7.54. The van der Waals surface area contributed by atoms with E-state index in [2.05, 4.69) is 4.99 Å². The number of amides is 1. The minimum Gasteiger partial charge on any atom is -0.494 e. The third-order valence-corrected chi connectivity index (χ3v) is 5.70. The molecule has 1 aromatic carbocycles. The Kier molecular flexibility index (Phi) is 5.01. The van der Waals surface area contributed by atoms with Crippen LogP contribution in [0.15, 0.2) is 29.3 Å². The van der Waals surface area contributed by atoms with Crippen molar-refractivity contribution in [2.24, 2.45) is 4.99 Å². The lowest BCUT2D eigenvalue weighted by Gasteiger charge is -2.06. The molecular weight excluding hydrogens is 396 g/mol. The summed E-state index contributed by atoms with van der Waals surface area (Å²) in [6, 6.07) is 5.31. The zero-order chi connectivity index (χ0) is 19.7. The van der Waals surface area contributed by atoms with Crippen LogP contribution in [0.25, 0.3) is 10.2 Å². The molecule has 0 unspecified atom stereocenters. The number of rotatable bonds is 5. The number of carbonyl (C=O) groups excluding carboxylic acids is 1. The van der Waals surface area contributed by atoms with Crippen molar-refractivity contribution in [3.8, 4) is 5.75 Å². The molecule has 12 heteroatoms. The number of nitro benzene ring substituents is 1. The van der Waals surface area contributed by atoms with Crippen molar-refractivity contribution >= 4 is 49.5 Å². The van der Waals surface area contributed by atoms with Gasteiger partial charge in [0.25, 0.3) is 11.6 Å². The van der Waals surface area contributed by atoms with Crippen molar-refractivity contribution < 1.29 is 19.4 Å². The number of fused-ring (bicyclic) bond motifs is 1. The molecule has 0 aliphatic rings. The number of nitrogens with zero attached hydrogens (tertiary/aromatic N) is 4. The second kappa shape index (κ2) is 7.25. The molecule has 0 radical (unpaired) electrons. The standard InChI is InChI=1S/C15H12N4O6S2/c1-3-17-13-9(25-2)6-8(18(21)22)7-11(13)27-15(17)16-14(20)10-4-5-12(26-10)19(23)24/h4-7H,3H2,1-2H3. The van der Waals surface area contributed by atoms with Crippen LogP contribution < -0.4 is 9.54 Å². The highest BCUT2D eigenvalue weighted by atomic mass is 32.1. The van der Waals surface area contributed by atoms with Crippen molar-refractivity contribution in [2.75, 3.05) is 7.11 Å². The van der Waals surface area contributed by atoms with Gasteiger partial charge < -0.3 is 9.30 Å². The summed E-state index contributed by atoms with van der Waals surface area (Å²) in [5.41, 5.74) is 0.468. The van der Waals surface area contributed by atoms with E-state index in [9.17, 15) is 25.0 Å². The summed E-state index contributed by atoms with van der Waals surface area (Å²) in [5.74, 6) is -0.312. The average molecular weight is 408 g/mol. The van der Waals surface area contributed by atoms with Gasteiger partial charge in [-0.3, -0.25) is 25.0 Å². The summed E-state index contributed by atoms with van der Waals surface area (Å²) in [6.45, 7) is 2.29. The second-order valence-corrected chi connectivity index (χ2v) is 7.26. The van der Waals surface area contributed by atoms with E-state index in [-0.39, 0.29) is 15.6 Å². The molecule has 1 amide bonds. The molecule has 0 saturated heterocycles. The number of aryl methyl sites for hydroxylation is 1. The number of aromatic nitrogens is 1. The second-order valence-electron chi connectivity index (χ2n) is 5.19. The number of nitro groups is 2. The minimum absolute atomic E-state index is 0.129. The third-order valence-electron chi connectivity index (χ3n) is 3.65. The van der Waals surface area contributed by atoms with Crippen LogP contribution >= 0.6 is 22.7 Å². The maximum absolute atomic E-state index is 12.4. The van der Waals surface area contributed by atoms with Crippen molar-refractivity contribution in [3.05, 3.63) is 54.2 Å². The van der Waals surface area contributed by atoms with Crippen molar-refractivity contribution in [1.29, 1.82) is 0 Å². The highest BCUT2D eigenvalue weighted by molar-refractivity contribution is 7.17. The lowest BCUT2D eigenvalue weighted by Crippen LogP contribution is -2.16. The Balaban J connectivity index is 2.18. The summed E-state index contributed by atoms with van der Waals surface area (Å²) in [6.07, 6.45) is 0. The Hall–Kier alpha value is -3.12. The van der Waals surface area contributed by atoms with Crippen LogP contribution in [0.4, 0.5) is 10.7 Å². The normalized spacial score (nSPS) is 11.7. The van der Waals surface area contributed by atoms with Crippen molar-refractivity contribution in [1.82, 2.24) is 4.57 Å². The smallest absolute Gasteiger partial charge is 0.324 e. The van der Waals surface area contributed by atoms with E-state index >= 15 is 0 Å². The molecule has 0 aliphatic carbocycles. The number of non-ortho nitro benzene ring substituents is 1. The summed E-state index contributed by atoms with van der Waals surface area (Å²) in [7, 11) is 1.41. The van der Waals surface area contributed by atoms with Crippen LogP contribution in [0.1, 0.15) is 16.6 Å². The van der Waals surface area contributed by atoms with E-state index in [0.29, 0.717) is 27.3 Å². The maximum atomic E-state index is 12.4. The predicted molar refractivity (Wildman–Crippen MR) is 99.6 cm³/mol. The Morgan fingerprint density at radius 2 is 1.96 bits per heavy atom. The Morgan fingerprint density at radius 3 is 2.52 bits per heavy atom. The number of benzene rings is 1.